The molecule has 0 saturated carbocycles. The Bertz CT molecular complexity index is 489. The lowest BCUT2D eigenvalue weighted by Gasteiger charge is -2.48. The zero-order valence-corrected chi connectivity index (χ0v) is 12.3. The third-order valence-electron chi connectivity index (χ3n) is 4.97. The summed E-state index contributed by atoms with van der Waals surface area (Å²) in [6.45, 7) is 1.04. The maximum Gasteiger partial charge on any atom is 0.269 e. The van der Waals surface area contributed by atoms with Crippen LogP contribution in [0.3, 0.4) is 0 Å². The lowest BCUT2D eigenvalue weighted by atomic mass is 9.82. The van der Waals surface area contributed by atoms with Gasteiger partial charge in [0.15, 0.2) is 0 Å². The van der Waals surface area contributed by atoms with E-state index in [0.717, 1.165) is 25.8 Å². The Labute approximate surface area is 125 Å². The second-order valence-corrected chi connectivity index (χ2v) is 6.38. The molecule has 114 valence electrons. The molecule has 2 atom stereocenters. The molecule has 2 heterocycles. The van der Waals surface area contributed by atoms with Gasteiger partial charge < -0.3 is 5.73 Å². The summed E-state index contributed by atoms with van der Waals surface area (Å²) in [5.41, 5.74) is 7.49. The van der Waals surface area contributed by atoms with Crippen LogP contribution < -0.4 is 5.73 Å². The van der Waals surface area contributed by atoms with Gasteiger partial charge in [0.05, 0.1) is 4.92 Å². The van der Waals surface area contributed by atoms with Crippen LogP contribution in [0.1, 0.15) is 37.7 Å². The molecule has 21 heavy (non-hydrogen) atoms. The standard InChI is InChI=1S/C16H23N3O2/c17-13-10-15-2-1-3-16(11-13)18(15)9-8-12-4-6-14(7-5-12)19(20)21/h4-7,13,15-16H,1-3,8-11,17H2. The van der Waals surface area contributed by atoms with Crippen LogP contribution in [0.2, 0.25) is 0 Å². The number of nitro groups is 1. The van der Waals surface area contributed by atoms with Crippen molar-refractivity contribution in [1.29, 1.82) is 0 Å². The Morgan fingerprint density at radius 2 is 1.81 bits per heavy atom. The molecule has 0 radical (unpaired) electrons. The fourth-order valence-electron chi connectivity index (χ4n) is 3.93. The quantitative estimate of drug-likeness (QED) is 0.682. The molecular formula is C16H23N3O2. The van der Waals surface area contributed by atoms with Gasteiger partial charge in [-0.25, -0.2) is 0 Å². The molecule has 3 rings (SSSR count). The monoisotopic (exact) mass is 289 g/mol. The van der Waals surface area contributed by atoms with Gasteiger partial charge >= 0.3 is 0 Å². The molecule has 2 fully saturated rings. The second kappa shape index (κ2) is 6.12. The van der Waals surface area contributed by atoms with E-state index in [1.807, 2.05) is 12.1 Å². The number of benzene rings is 1. The number of hydrogen-bond donors (Lipinski definition) is 1. The van der Waals surface area contributed by atoms with E-state index in [2.05, 4.69) is 4.90 Å². The summed E-state index contributed by atoms with van der Waals surface area (Å²) in [7, 11) is 0. The third-order valence-corrected chi connectivity index (χ3v) is 4.97. The molecule has 0 spiro atoms. The van der Waals surface area contributed by atoms with E-state index in [1.165, 1.54) is 24.8 Å². The van der Waals surface area contributed by atoms with Gasteiger partial charge in [-0.1, -0.05) is 18.6 Å². The zero-order chi connectivity index (χ0) is 14.8. The minimum atomic E-state index is -0.347. The average molecular weight is 289 g/mol. The van der Waals surface area contributed by atoms with Crippen molar-refractivity contribution in [3.05, 3.63) is 39.9 Å². The molecule has 5 heteroatoms. The number of nitrogens with zero attached hydrogens (tertiary/aromatic N) is 2. The molecule has 0 amide bonds. The predicted octanol–water partition coefficient (Wildman–Crippen LogP) is 2.48. The Hall–Kier alpha value is -1.46. The Balaban J connectivity index is 1.60. The van der Waals surface area contributed by atoms with E-state index < -0.39 is 0 Å². The molecule has 2 saturated heterocycles. The van der Waals surface area contributed by atoms with Crippen molar-refractivity contribution < 1.29 is 4.92 Å². The molecule has 5 nitrogen and oxygen atoms in total. The number of rotatable bonds is 4. The molecular weight excluding hydrogens is 266 g/mol. The fourth-order valence-corrected chi connectivity index (χ4v) is 3.93. The van der Waals surface area contributed by atoms with Crippen LogP contribution in [0, 0.1) is 10.1 Å². The van der Waals surface area contributed by atoms with Crippen molar-refractivity contribution in [3.63, 3.8) is 0 Å². The number of nitrogens with two attached hydrogens (primary N) is 1. The Kier molecular flexibility index (Phi) is 4.22. The largest absolute Gasteiger partial charge is 0.328 e. The first kappa shape index (κ1) is 14.5. The maximum absolute atomic E-state index is 10.7. The number of hydrogen-bond acceptors (Lipinski definition) is 4. The van der Waals surface area contributed by atoms with Gasteiger partial charge in [0.2, 0.25) is 0 Å². The van der Waals surface area contributed by atoms with E-state index in [0.29, 0.717) is 18.1 Å². The first-order valence-corrected chi connectivity index (χ1v) is 7.88. The van der Waals surface area contributed by atoms with Gasteiger partial charge in [-0.3, -0.25) is 15.0 Å². The van der Waals surface area contributed by atoms with Crippen LogP contribution in [0.25, 0.3) is 0 Å². The highest BCUT2D eigenvalue weighted by Crippen LogP contribution is 2.33. The van der Waals surface area contributed by atoms with Crippen molar-refractivity contribution in [2.45, 2.75) is 56.7 Å². The highest BCUT2D eigenvalue weighted by molar-refractivity contribution is 5.33. The van der Waals surface area contributed by atoms with Gasteiger partial charge in [-0.15, -0.1) is 0 Å². The maximum atomic E-state index is 10.7. The third kappa shape index (κ3) is 3.24. The summed E-state index contributed by atoms with van der Waals surface area (Å²) < 4.78 is 0. The summed E-state index contributed by atoms with van der Waals surface area (Å²) in [5.74, 6) is 0. The summed E-state index contributed by atoms with van der Waals surface area (Å²) in [4.78, 5) is 13.0. The van der Waals surface area contributed by atoms with Gasteiger partial charge in [-0.05, 0) is 37.7 Å². The summed E-state index contributed by atoms with van der Waals surface area (Å²) in [5, 5.41) is 10.7. The molecule has 0 aliphatic carbocycles. The lowest BCUT2D eigenvalue weighted by Crippen LogP contribution is -2.55. The van der Waals surface area contributed by atoms with E-state index in [1.54, 1.807) is 12.1 Å². The van der Waals surface area contributed by atoms with Crippen LogP contribution in [-0.4, -0.2) is 34.5 Å². The van der Waals surface area contributed by atoms with Crippen LogP contribution in [0.5, 0.6) is 0 Å². The molecule has 2 N–H and O–H groups in total. The first-order chi connectivity index (χ1) is 10.1. The summed E-state index contributed by atoms with van der Waals surface area (Å²) in [6, 6.07) is 8.62. The van der Waals surface area contributed by atoms with Crippen LogP contribution in [-0.2, 0) is 6.42 Å². The Morgan fingerprint density at radius 1 is 1.19 bits per heavy atom. The smallest absolute Gasteiger partial charge is 0.269 e. The van der Waals surface area contributed by atoms with E-state index in [-0.39, 0.29) is 10.6 Å². The molecule has 2 bridgehead atoms. The SMILES string of the molecule is NC1CC2CCCC(C1)N2CCc1ccc([N+](=O)[O-])cc1. The molecule has 2 aliphatic rings. The topological polar surface area (TPSA) is 72.4 Å². The minimum Gasteiger partial charge on any atom is -0.328 e. The molecule has 2 unspecified atom stereocenters. The average Bonchev–Trinajstić information content (AvgIpc) is 2.45. The fraction of sp³-hybridized carbons (Fsp3) is 0.625. The van der Waals surface area contributed by atoms with Crippen molar-refractivity contribution in [2.75, 3.05) is 6.54 Å². The zero-order valence-electron chi connectivity index (χ0n) is 12.3. The summed E-state index contributed by atoms with van der Waals surface area (Å²) in [6.07, 6.45) is 7.07. The van der Waals surface area contributed by atoms with Crippen molar-refractivity contribution in [3.8, 4) is 0 Å². The number of non-ortho nitro benzene ring substituents is 1. The van der Waals surface area contributed by atoms with Gasteiger partial charge in [0, 0.05) is 36.8 Å². The first-order valence-electron chi connectivity index (χ1n) is 7.88. The predicted molar refractivity (Wildman–Crippen MR) is 82.1 cm³/mol. The molecule has 2 aliphatic heterocycles. The van der Waals surface area contributed by atoms with Crippen LogP contribution in [0.15, 0.2) is 24.3 Å². The van der Waals surface area contributed by atoms with E-state index in [4.69, 9.17) is 5.73 Å². The van der Waals surface area contributed by atoms with Crippen molar-refractivity contribution in [1.82, 2.24) is 4.90 Å². The number of fused-ring (bicyclic) bond motifs is 2. The lowest BCUT2D eigenvalue weighted by molar-refractivity contribution is -0.384. The minimum absolute atomic E-state index is 0.166. The van der Waals surface area contributed by atoms with Crippen LogP contribution in [0.4, 0.5) is 5.69 Å². The van der Waals surface area contributed by atoms with Crippen LogP contribution >= 0.6 is 0 Å². The highest BCUT2D eigenvalue weighted by Gasteiger charge is 2.36. The Morgan fingerprint density at radius 3 is 2.38 bits per heavy atom. The normalized spacial score (nSPS) is 29.3. The van der Waals surface area contributed by atoms with Crippen molar-refractivity contribution >= 4 is 5.69 Å². The van der Waals surface area contributed by atoms with Gasteiger partial charge in [0.1, 0.15) is 0 Å². The van der Waals surface area contributed by atoms with E-state index in [9.17, 15) is 10.1 Å². The van der Waals surface area contributed by atoms with E-state index >= 15 is 0 Å². The number of piperidine rings is 2. The number of nitro benzene ring substituents is 1. The molecule has 1 aromatic rings. The second-order valence-electron chi connectivity index (χ2n) is 6.38. The van der Waals surface area contributed by atoms with Crippen molar-refractivity contribution in [2.24, 2.45) is 5.73 Å². The van der Waals surface area contributed by atoms with Gasteiger partial charge in [-0.2, -0.15) is 0 Å². The molecule has 1 aromatic carbocycles. The molecule has 0 aromatic heterocycles. The summed E-state index contributed by atoms with van der Waals surface area (Å²) >= 11 is 0. The van der Waals surface area contributed by atoms with Gasteiger partial charge in [0.25, 0.3) is 5.69 Å². The highest BCUT2D eigenvalue weighted by atomic mass is 16.6.